The molecule has 3 N–H and O–H groups in total. The van der Waals surface area contributed by atoms with Gasteiger partial charge in [0, 0.05) is 0 Å². The zero-order valence-electron chi connectivity index (χ0n) is 12.7. The molecule has 2 aromatic carbocycles. The van der Waals surface area contributed by atoms with E-state index < -0.39 is 15.9 Å². The number of carbonyl (C=O) groups excluding carboxylic acids is 1. The van der Waals surface area contributed by atoms with Gasteiger partial charge in [0.05, 0.1) is 22.8 Å². The Labute approximate surface area is 135 Å². The van der Waals surface area contributed by atoms with Gasteiger partial charge in [0.1, 0.15) is 5.75 Å². The molecule has 0 fully saturated rings. The molecule has 1 amide bonds. The first-order valence-electron chi connectivity index (χ1n) is 7.08. The van der Waals surface area contributed by atoms with Crippen molar-refractivity contribution in [3.63, 3.8) is 0 Å². The third-order valence-corrected chi connectivity index (χ3v) is 4.43. The minimum absolute atomic E-state index is 0.0700. The number of nitrogens with one attached hydrogen (secondary N) is 1. The molecule has 0 atom stereocenters. The quantitative estimate of drug-likeness (QED) is 0.812. The average Bonchev–Trinajstić information content (AvgIpc) is 2.53. The molecule has 0 bridgehead atoms. The van der Waals surface area contributed by atoms with Crippen molar-refractivity contribution in [1.82, 2.24) is 0 Å². The van der Waals surface area contributed by atoms with Crippen LogP contribution in [0.4, 0.5) is 5.69 Å². The molecular weight excluding hydrogens is 316 g/mol. The molecule has 0 spiro atoms. The number of benzene rings is 2. The van der Waals surface area contributed by atoms with Crippen LogP contribution in [-0.4, -0.2) is 20.9 Å². The number of nitrogens with two attached hydrogens (primary N) is 1. The van der Waals surface area contributed by atoms with Crippen molar-refractivity contribution in [3.05, 3.63) is 54.1 Å². The van der Waals surface area contributed by atoms with Gasteiger partial charge in [-0.05, 0) is 42.8 Å². The van der Waals surface area contributed by atoms with Crippen molar-refractivity contribution in [2.45, 2.75) is 18.2 Å². The lowest BCUT2D eigenvalue weighted by atomic mass is 10.2. The standard InChI is InChI=1S/C16H18N2O4S/c1-2-11-22-12-7-9-13(10-8-12)23(20,21)18-15-6-4-3-5-14(15)16(17)19/h3-10,18H,2,11H2,1H3,(H2,17,19). The number of hydrogen-bond acceptors (Lipinski definition) is 4. The second kappa shape index (κ2) is 7.15. The summed E-state index contributed by atoms with van der Waals surface area (Å²) in [6, 6.07) is 12.2. The van der Waals surface area contributed by atoms with Gasteiger partial charge in [-0.15, -0.1) is 0 Å². The van der Waals surface area contributed by atoms with Crippen LogP contribution in [0, 0.1) is 0 Å². The average molecular weight is 334 g/mol. The topological polar surface area (TPSA) is 98.5 Å². The Morgan fingerprint density at radius 2 is 1.78 bits per heavy atom. The molecule has 0 aliphatic heterocycles. The van der Waals surface area contributed by atoms with Crippen LogP contribution in [0.15, 0.2) is 53.4 Å². The summed E-state index contributed by atoms with van der Waals surface area (Å²) in [7, 11) is -3.82. The predicted octanol–water partition coefficient (Wildman–Crippen LogP) is 2.38. The van der Waals surface area contributed by atoms with Gasteiger partial charge in [-0.2, -0.15) is 0 Å². The molecule has 23 heavy (non-hydrogen) atoms. The fraction of sp³-hybridized carbons (Fsp3) is 0.188. The number of hydrogen-bond donors (Lipinski definition) is 2. The van der Waals surface area contributed by atoms with E-state index in [1.165, 1.54) is 24.3 Å². The van der Waals surface area contributed by atoms with Crippen LogP contribution in [0.1, 0.15) is 23.7 Å². The van der Waals surface area contributed by atoms with Gasteiger partial charge in [-0.1, -0.05) is 19.1 Å². The highest BCUT2D eigenvalue weighted by atomic mass is 32.2. The van der Waals surface area contributed by atoms with Crippen molar-refractivity contribution in [2.24, 2.45) is 5.73 Å². The molecule has 0 aliphatic rings. The lowest BCUT2D eigenvalue weighted by Crippen LogP contribution is -2.18. The molecule has 0 aliphatic carbocycles. The third-order valence-electron chi connectivity index (χ3n) is 3.04. The number of para-hydroxylation sites is 1. The Balaban J connectivity index is 2.24. The summed E-state index contributed by atoms with van der Waals surface area (Å²) in [6.45, 7) is 2.55. The Bertz CT molecular complexity index is 786. The van der Waals surface area contributed by atoms with Crippen LogP contribution in [0.25, 0.3) is 0 Å². The van der Waals surface area contributed by atoms with Gasteiger partial charge in [0.25, 0.3) is 15.9 Å². The maximum atomic E-state index is 12.4. The minimum atomic E-state index is -3.82. The fourth-order valence-electron chi connectivity index (χ4n) is 1.93. The Kier molecular flexibility index (Phi) is 5.23. The normalized spacial score (nSPS) is 11.0. The maximum absolute atomic E-state index is 12.4. The van der Waals surface area contributed by atoms with Crippen molar-refractivity contribution in [3.8, 4) is 5.75 Å². The highest BCUT2D eigenvalue weighted by Gasteiger charge is 2.17. The molecule has 0 heterocycles. The summed E-state index contributed by atoms with van der Waals surface area (Å²) in [5, 5.41) is 0. The summed E-state index contributed by atoms with van der Waals surface area (Å²) in [5.41, 5.74) is 5.50. The molecule has 7 heteroatoms. The molecule has 0 saturated carbocycles. The molecule has 0 saturated heterocycles. The number of sulfonamides is 1. The number of amides is 1. The van der Waals surface area contributed by atoms with Gasteiger partial charge in [-0.3, -0.25) is 9.52 Å². The minimum Gasteiger partial charge on any atom is -0.494 e. The maximum Gasteiger partial charge on any atom is 0.261 e. The molecule has 6 nitrogen and oxygen atoms in total. The number of anilines is 1. The van der Waals surface area contributed by atoms with E-state index in [0.717, 1.165) is 6.42 Å². The number of rotatable bonds is 7. The third kappa shape index (κ3) is 4.23. The van der Waals surface area contributed by atoms with Crippen molar-refractivity contribution >= 4 is 21.6 Å². The molecule has 0 aromatic heterocycles. The van der Waals surface area contributed by atoms with Crippen molar-refractivity contribution < 1.29 is 17.9 Å². The van der Waals surface area contributed by atoms with E-state index in [2.05, 4.69) is 4.72 Å². The lowest BCUT2D eigenvalue weighted by Gasteiger charge is -2.11. The van der Waals surface area contributed by atoms with Crippen LogP contribution in [0.3, 0.4) is 0 Å². The summed E-state index contributed by atoms with van der Waals surface area (Å²) in [6.07, 6.45) is 0.867. The van der Waals surface area contributed by atoms with Crippen LogP contribution < -0.4 is 15.2 Å². The molecule has 122 valence electrons. The van der Waals surface area contributed by atoms with E-state index in [4.69, 9.17) is 10.5 Å². The fourth-order valence-corrected chi connectivity index (χ4v) is 3.01. The predicted molar refractivity (Wildman–Crippen MR) is 88.0 cm³/mol. The van der Waals surface area contributed by atoms with E-state index in [1.807, 2.05) is 6.92 Å². The molecule has 0 radical (unpaired) electrons. The Morgan fingerprint density at radius 3 is 2.39 bits per heavy atom. The van der Waals surface area contributed by atoms with Crippen molar-refractivity contribution in [2.75, 3.05) is 11.3 Å². The van der Waals surface area contributed by atoms with Gasteiger partial charge in [-0.25, -0.2) is 8.42 Å². The number of ether oxygens (including phenoxy) is 1. The van der Waals surface area contributed by atoms with E-state index in [-0.39, 0.29) is 16.1 Å². The summed E-state index contributed by atoms with van der Waals surface area (Å²) in [5.74, 6) is -0.102. The van der Waals surface area contributed by atoms with E-state index in [9.17, 15) is 13.2 Å². The van der Waals surface area contributed by atoms with Gasteiger partial charge in [0.15, 0.2) is 0 Å². The zero-order valence-corrected chi connectivity index (χ0v) is 13.5. The first-order valence-corrected chi connectivity index (χ1v) is 8.57. The molecular formula is C16H18N2O4S. The zero-order chi connectivity index (χ0) is 16.9. The van der Waals surface area contributed by atoms with Crippen LogP contribution >= 0.6 is 0 Å². The first-order chi connectivity index (χ1) is 10.9. The first kappa shape index (κ1) is 16.8. The molecule has 2 rings (SSSR count). The molecule has 0 unspecified atom stereocenters. The second-order valence-corrected chi connectivity index (χ2v) is 6.52. The Morgan fingerprint density at radius 1 is 1.13 bits per heavy atom. The highest BCUT2D eigenvalue weighted by molar-refractivity contribution is 7.92. The van der Waals surface area contributed by atoms with Crippen molar-refractivity contribution in [1.29, 1.82) is 0 Å². The van der Waals surface area contributed by atoms with Gasteiger partial charge >= 0.3 is 0 Å². The number of primary amides is 1. The Hall–Kier alpha value is -2.54. The van der Waals surface area contributed by atoms with Crippen LogP contribution in [0.2, 0.25) is 0 Å². The van der Waals surface area contributed by atoms with Crippen LogP contribution in [-0.2, 0) is 10.0 Å². The monoisotopic (exact) mass is 334 g/mol. The SMILES string of the molecule is CCCOc1ccc(S(=O)(=O)Nc2ccccc2C(N)=O)cc1. The number of carbonyl (C=O) groups is 1. The van der Waals surface area contributed by atoms with E-state index in [0.29, 0.717) is 12.4 Å². The largest absolute Gasteiger partial charge is 0.494 e. The van der Waals surface area contributed by atoms with Gasteiger partial charge in [0.2, 0.25) is 0 Å². The van der Waals surface area contributed by atoms with Gasteiger partial charge < -0.3 is 10.5 Å². The van der Waals surface area contributed by atoms with Crippen LogP contribution in [0.5, 0.6) is 5.75 Å². The molecule has 2 aromatic rings. The summed E-state index contributed by atoms with van der Waals surface area (Å²) < 4.78 is 32.6. The second-order valence-electron chi connectivity index (χ2n) is 4.84. The summed E-state index contributed by atoms with van der Waals surface area (Å²) >= 11 is 0. The van der Waals surface area contributed by atoms with E-state index in [1.54, 1.807) is 24.3 Å². The highest BCUT2D eigenvalue weighted by Crippen LogP contribution is 2.21. The summed E-state index contributed by atoms with van der Waals surface area (Å²) in [4.78, 5) is 11.4. The lowest BCUT2D eigenvalue weighted by molar-refractivity contribution is 0.100. The smallest absolute Gasteiger partial charge is 0.261 e. The van der Waals surface area contributed by atoms with E-state index >= 15 is 0 Å².